The van der Waals surface area contributed by atoms with Crippen molar-refractivity contribution in [2.75, 3.05) is 10.6 Å². The molecule has 202 valence electrons. The Morgan fingerprint density at radius 1 is 0.725 bits per heavy atom. The molecule has 0 unspecified atom stereocenters. The fourth-order valence-electron chi connectivity index (χ4n) is 4.49. The summed E-state index contributed by atoms with van der Waals surface area (Å²) in [7, 11) is 0. The van der Waals surface area contributed by atoms with Gasteiger partial charge in [0.1, 0.15) is 11.6 Å². The molecule has 1 saturated heterocycles. The summed E-state index contributed by atoms with van der Waals surface area (Å²) in [5.74, 6) is -1.60. The highest BCUT2D eigenvalue weighted by Crippen LogP contribution is 2.35. The van der Waals surface area contributed by atoms with Crippen molar-refractivity contribution in [3.63, 3.8) is 0 Å². The van der Waals surface area contributed by atoms with Crippen molar-refractivity contribution in [3.8, 4) is 0 Å². The van der Waals surface area contributed by atoms with Gasteiger partial charge in [-0.1, -0.05) is 54.6 Å². The maximum atomic E-state index is 13.5. The number of cyclic esters (lactones) is 1. The minimum absolute atomic E-state index is 0.00471. The first kappa shape index (κ1) is 26.6. The van der Waals surface area contributed by atoms with Crippen LogP contribution in [0.5, 0.6) is 0 Å². The second-order valence-electron chi connectivity index (χ2n) is 9.33. The summed E-state index contributed by atoms with van der Waals surface area (Å²) >= 11 is 0. The third-order valence-corrected chi connectivity index (χ3v) is 6.46. The van der Waals surface area contributed by atoms with Gasteiger partial charge < -0.3 is 15.4 Å². The first-order chi connectivity index (χ1) is 19.4. The van der Waals surface area contributed by atoms with Crippen LogP contribution in [0, 0.1) is 11.6 Å². The number of benzene rings is 4. The Balaban J connectivity index is 1.36. The molecule has 9 heteroatoms. The average molecular weight is 542 g/mol. The van der Waals surface area contributed by atoms with E-state index in [1.807, 2.05) is 30.3 Å². The molecule has 0 aromatic heterocycles. The van der Waals surface area contributed by atoms with Gasteiger partial charge in [0.25, 0.3) is 5.91 Å². The number of amides is 3. The number of hydrogen-bond donors (Lipinski definition) is 2. The van der Waals surface area contributed by atoms with Crippen LogP contribution in [-0.2, 0) is 27.3 Å². The molecular weight excluding hydrogens is 516 g/mol. The monoisotopic (exact) mass is 541 g/mol. The first-order valence-electron chi connectivity index (χ1n) is 12.6. The van der Waals surface area contributed by atoms with Crippen LogP contribution in [0.3, 0.4) is 0 Å². The lowest BCUT2D eigenvalue weighted by molar-refractivity contribution is -0.121. The van der Waals surface area contributed by atoms with Crippen molar-refractivity contribution in [1.82, 2.24) is 4.90 Å². The minimum atomic E-state index is -1.08. The van der Waals surface area contributed by atoms with Gasteiger partial charge in [0, 0.05) is 11.4 Å². The fraction of sp³-hybridized carbons (Fsp3) is 0.129. The van der Waals surface area contributed by atoms with Crippen LogP contribution in [0.4, 0.5) is 25.0 Å². The van der Waals surface area contributed by atoms with E-state index in [9.17, 15) is 23.2 Å². The quantitative estimate of drug-likeness (QED) is 0.293. The third-order valence-electron chi connectivity index (χ3n) is 6.46. The zero-order valence-corrected chi connectivity index (χ0v) is 21.2. The van der Waals surface area contributed by atoms with Gasteiger partial charge in [-0.15, -0.1) is 0 Å². The number of nitrogens with zero attached hydrogens (tertiary/aromatic N) is 1. The molecule has 2 atom stereocenters. The lowest BCUT2D eigenvalue weighted by Crippen LogP contribution is -2.43. The van der Waals surface area contributed by atoms with E-state index in [4.69, 9.17) is 4.74 Å². The Morgan fingerprint density at radius 3 is 1.95 bits per heavy atom. The van der Waals surface area contributed by atoms with E-state index in [-0.39, 0.29) is 18.9 Å². The van der Waals surface area contributed by atoms with Crippen LogP contribution in [-0.4, -0.2) is 28.8 Å². The summed E-state index contributed by atoms with van der Waals surface area (Å²) < 4.78 is 32.5. The number of carbonyl (C=O) groups excluding carboxylic acids is 3. The van der Waals surface area contributed by atoms with Crippen molar-refractivity contribution < 1.29 is 27.9 Å². The van der Waals surface area contributed by atoms with E-state index in [1.165, 1.54) is 53.4 Å². The number of ether oxygens (including phenoxy) is 1. The lowest BCUT2D eigenvalue weighted by atomic mass is 10.00. The van der Waals surface area contributed by atoms with Gasteiger partial charge in [0.15, 0.2) is 12.1 Å². The average Bonchev–Trinajstić information content (AvgIpc) is 3.27. The van der Waals surface area contributed by atoms with Crippen molar-refractivity contribution in [2.24, 2.45) is 0 Å². The predicted octanol–water partition coefficient (Wildman–Crippen LogP) is 5.85. The van der Waals surface area contributed by atoms with Crippen LogP contribution < -0.4 is 10.6 Å². The van der Waals surface area contributed by atoms with Gasteiger partial charge in [-0.05, 0) is 65.2 Å². The molecule has 0 aliphatic carbocycles. The Bertz CT molecular complexity index is 1490. The lowest BCUT2D eigenvalue weighted by Gasteiger charge is -2.24. The molecule has 0 bridgehead atoms. The summed E-state index contributed by atoms with van der Waals surface area (Å²) in [6, 6.07) is 25.8. The molecule has 2 N–H and O–H groups in total. The molecule has 40 heavy (non-hydrogen) atoms. The molecule has 0 saturated carbocycles. The second-order valence-corrected chi connectivity index (χ2v) is 9.33. The summed E-state index contributed by atoms with van der Waals surface area (Å²) in [6.07, 6.45) is -1.47. The smallest absolute Gasteiger partial charge is 0.411 e. The van der Waals surface area contributed by atoms with Gasteiger partial charge in [-0.25, -0.2) is 13.6 Å². The van der Waals surface area contributed by atoms with Crippen molar-refractivity contribution in [3.05, 3.63) is 131 Å². The van der Waals surface area contributed by atoms with E-state index < -0.39 is 35.8 Å². The van der Waals surface area contributed by atoms with Crippen molar-refractivity contribution in [2.45, 2.75) is 25.1 Å². The number of hydrogen-bond acceptors (Lipinski definition) is 4. The van der Waals surface area contributed by atoms with Crippen molar-refractivity contribution in [1.29, 1.82) is 0 Å². The van der Waals surface area contributed by atoms with Gasteiger partial charge in [-0.2, -0.15) is 0 Å². The highest BCUT2D eigenvalue weighted by Gasteiger charge is 2.47. The largest absolute Gasteiger partial charge is 0.438 e. The Kier molecular flexibility index (Phi) is 7.82. The number of nitrogens with one attached hydrogen (secondary N) is 2. The molecule has 4 aromatic carbocycles. The molecule has 1 fully saturated rings. The maximum absolute atomic E-state index is 13.5. The normalized spacial score (nSPS) is 16.4. The van der Waals surface area contributed by atoms with Gasteiger partial charge in [0.05, 0.1) is 13.0 Å². The minimum Gasteiger partial charge on any atom is -0.438 e. The molecule has 5 rings (SSSR count). The molecule has 4 aromatic rings. The fourth-order valence-corrected chi connectivity index (χ4v) is 4.49. The summed E-state index contributed by atoms with van der Waals surface area (Å²) in [4.78, 5) is 40.2. The zero-order valence-electron chi connectivity index (χ0n) is 21.2. The van der Waals surface area contributed by atoms with E-state index in [0.717, 1.165) is 5.56 Å². The Morgan fingerprint density at radius 2 is 1.30 bits per heavy atom. The van der Waals surface area contributed by atoms with Crippen molar-refractivity contribution >= 4 is 29.3 Å². The molecule has 1 aliphatic rings. The Hall–Kier alpha value is -5.05. The summed E-state index contributed by atoms with van der Waals surface area (Å²) in [6.45, 7) is 0.00471. The SMILES string of the molecule is O=C(Cc1ccccc1)Nc1ccc([C@H]2OC(=O)N(Cc3ccc(F)cc3)[C@H]2C(=O)Nc2ccc(F)cc2)cc1. The highest BCUT2D eigenvalue weighted by atomic mass is 19.1. The van der Waals surface area contributed by atoms with Crippen LogP contribution in [0.25, 0.3) is 0 Å². The molecule has 1 heterocycles. The zero-order chi connectivity index (χ0) is 28.1. The summed E-state index contributed by atoms with van der Waals surface area (Å²) in [5.41, 5.74) is 2.92. The standard InChI is InChI=1S/C31H25F2N3O4/c32-23-10-6-21(7-11-23)19-36-28(30(38)35-26-16-12-24(33)13-17-26)29(40-31(36)39)22-8-14-25(15-9-22)34-27(37)18-20-4-2-1-3-5-20/h1-17,28-29H,18-19H2,(H,34,37)(H,35,38)/t28-,29-/m1/s1. The molecular formula is C31H25F2N3O4. The van der Waals surface area contributed by atoms with E-state index in [1.54, 1.807) is 24.3 Å². The topological polar surface area (TPSA) is 87.7 Å². The highest BCUT2D eigenvalue weighted by molar-refractivity contribution is 5.98. The van der Waals surface area contributed by atoms with Crippen LogP contribution in [0.15, 0.2) is 103 Å². The number of anilines is 2. The third kappa shape index (κ3) is 6.32. The van der Waals surface area contributed by atoms with E-state index in [2.05, 4.69) is 10.6 Å². The van der Waals surface area contributed by atoms with Crippen LogP contribution >= 0.6 is 0 Å². The second kappa shape index (κ2) is 11.8. The molecule has 1 aliphatic heterocycles. The molecule has 0 spiro atoms. The van der Waals surface area contributed by atoms with E-state index >= 15 is 0 Å². The molecule has 0 radical (unpaired) electrons. The Labute approximate surface area is 229 Å². The van der Waals surface area contributed by atoms with Crippen LogP contribution in [0.2, 0.25) is 0 Å². The van der Waals surface area contributed by atoms with Crippen LogP contribution in [0.1, 0.15) is 22.8 Å². The van der Waals surface area contributed by atoms with Gasteiger partial charge in [0.2, 0.25) is 5.91 Å². The van der Waals surface area contributed by atoms with Gasteiger partial charge in [-0.3, -0.25) is 14.5 Å². The number of rotatable bonds is 8. The number of carbonyl (C=O) groups is 3. The van der Waals surface area contributed by atoms with Gasteiger partial charge >= 0.3 is 6.09 Å². The molecule has 3 amide bonds. The summed E-state index contributed by atoms with van der Waals surface area (Å²) in [5, 5.41) is 5.56. The predicted molar refractivity (Wildman–Crippen MR) is 145 cm³/mol. The number of halogens is 2. The maximum Gasteiger partial charge on any atom is 0.411 e. The molecule has 7 nitrogen and oxygen atoms in total. The first-order valence-corrected chi connectivity index (χ1v) is 12.6. The van der Waals surface area contributed by atoms with E-state index in [0.29, 0.717) is 22.5 Å².